The number of nitrogens with zero attached hydrogens (tertiary/aromatic N) is 1. The molecule has 2 amide bonds. The second kappa shape index (κ2) is 4.54. The molecule has 1 rings (SSSR count). The van der Waals surface area contributed by atoms with Gasteiger partial charge in [0.15, 0.2) is 0 Å². The Kier molecular flexibility index (Phi) is 3.38. The van der Waals surface area contributed by atoms with Crippen LogP contribution >= 0.6 is 0 Å². The van der Waals surface area contributed by atoms with E-state index in [0.29, 0.717) is 0 Å². The van der Waals surface area contributed by atoms with Gasteiger partial charge in [-0.25, -0.2) is 4.39 Å². The maximum atomic E-state index is 12.8. The van der Waals surface area contributed by atoms with Crippen molar-refractivity contribution in [2.75, 3.05) is 13.6 Å². The number of hydrogen-bond donors (Lipinski definition) is 1. The minimum absolute atomic E-state index is 0.185. The summed E-state index contributed by atoms with van der Waals surface area (Å²) in [5.74, 6) is -1.54. The third-order valence-corrected chi connectivity index (χ3v) is 1.81. The molecule has 2 N–H and O–H groups in total. The number of primary amides is 1. The third-order valence-electron chi connectivity index (χ3n) is 1.81. The first kappa shape index (κ1) is 11.2. The van der Waals surface area contributed by atoms with Gasteiger partial charge < -0.3 is 10.6 Å². The van der Waals surface area contributed by atoms with E-state index in [0.717, 1.165) is 11.0 Å². The zero-order chi connectivity index (χ0) is 11.4. The summed E-state index contributed by atoms with van der Waals surface area (Å²) < 4.78 is 12.8. The molecule has 0 aromatic heterocycles. The highest BCUT2D eigenvalue weighted by Crippen LogP contribution is 2.06. The molecule has 0 saturated carbocycles. The number of likely N-dealkylation sites (N-methyl/N-ethyl adjacent to an activating group) is 1. The Labute approximate surface area is 86.5 Å². The maximum Gasteiger partial charge on any atom is 0.254 e. The number of rotatable bonds is 3. The molecule has 80 valence electrons. The molecule has 1 aromatic rings. The highest BCUT2D eigenvalue weighted by molar-refractivity contribution is 5.96. The zero-order valence-electron chi connectivity index (χ0n) is 8.24. The monoisotopic (exact) mass is 210 g/mol. The van der Waals surface area contributed by atoms with Crippen LogP contribution in [0.3, 0.4) is 0 Å². The first-order valence-electron chi connectivity index (χ1n) is 4.30. The van der Waals surface area contributed by atoms with Crippen LogP contribution in [0.25, 0.3) is 0 Å². The van der Waals surface area contributed by atoms with Crippen LogP contribution in [0.5, 0.6) is 0 Å². The maximum absolute atomic E-state index is 12.8. The lowest BCUT2D eigenvalue weighted by molar-refractivity contribution is -0.118. The minimum atomic E-state index is -0.609. The molecule has 5 heteroatoms. The van der Waals surface area contributed by atoms with E-state index >= 15 is 0 Å². The molecule has 0 atom stereocenters. The second-order valence-electron chi connectivity index (χ2n) is 3.14. The van der Waals surface area contributed by atoms with Gasteiger partial charge in [-0.2, -0.15) is 0 Å². The molecule has 1 aromatic carbocycles. The summed E-state index contributed by atoms with van der Waals surface area (Å²) in [5, 5.41) is 0. The van der Waals surface area contributed by atoms with Crippen LogP contribution < -0.4 is 5.73 Å². The number of nitrogens with two attached hydrogens (primary N) is 1. The predicted octanol–water partition coefficient (Wildman–Crippen LogP) is 0.383. The van der Waals surface area contributed by atoms with E-state index in [1.54, 1.807) is 0 Å². The fourth-order valence-electron chi connectivity index (χ4n) is 1.15. The van der Waals surface area contributed by atoms with Gasteiger partial charge >= 0.3 is 0 Å². The van der Waals surface area contributed by atoms with E-state index < -0.39 is 17.6 Å². The van der Waals surface area contributed by atoms with Crippen molar-refractivity contribution in [3.05, 3.63) is 35.6 Å². The highest BCUT2D eigenvalue weighted by Gasteiger charge is 2.13. The first-order valence-corrected chi connectivity index (χ1v) is 4.30. The molecule has 0 saturated heterocycles. The van der Waals surface area contributed by atoms with Gasteiger partial charge in [0.1, 0.15) is 5.82 Å². The van der Waals surface area contributed by atoms with Crippen molar-refractivity contribution < 1.29 is 14.0 Å². The van der Waals surface area contributed by atoms with Gasteiger partial charge in [-0.05, 0) is 18.2 Å². The summed E-state index contributed by atoms with van der Waals surface area (Å²) in [6.07, 6.45) is 0. The van der Waals surface area contributed by atoms with Gasteiger partial charge in [0.25, 0.3) is 5.91 Å². The van der Waals surface area contributed by atoms with Crippen molar-refractivity contribution >= 4 is 11.8 Å². The molecule has 0 aliphatic heterocycles. The molecule has 0 aliphatic rings. The molecule has 4 nitrogen and oxygen atoms in total. The van der Waals surface area contributed by atoms with Gasteiger partial charge in [0.05, 0.1) is 6.54 Å². The topological polar surface area (TPSA) is 63.4 Å². The summed E-state index contributed by atoms with van der Waals surface area (Å²) in [6.45, 7) is -0.185. The third kappa shape index (κ3) is 3.05. The highest BCUT2D eigenvalue weighted by atomic mass is 19.1. The lowest BCUT2D eigenvalue weighted by Gasteiger charge is -2.14. The van der Waals surface area contributed by atoms with Crippen molar-refractivity contribution in [1.82, 2.24) is 4.90 Å². The average molecular weight is 210 g/mol. The fourth-order valence-corrected chi connectivity index (χ4v) is 1.15. The molecule has 0 radical (unpaired) electrons. The average Bonchev–Trinajstić information content (AvgIpc) is 2.15. The summed E-state index contributed by atoms with van der Waals surface area (Å²) >= 11 is 0. The van der Waals surface area contributed by atoms with Gasteiger partial charge in [-0.3, -0.25) is 9.59 Å². The van der Waals surface area contributed by atoms with Crippen molar-refractivity contribution in [3.63, 3.8) is 0 Å². The first-order chi connectivity index (χ1) is 7.00. The summed E-state index contributed by atoms with van der Waals surface area (Å²) in [4.78, 5) is 23.3. The zero-order valence-corrected chi connectivity index (χ0v) is 8.24. The van der Waals surface area contributed by atoms with Crippen LogP contribution in [0.1, 0.15) is 10.4 Å². The van der Waals surface area contributed by atoms with Crippen molar-refractivity contribution in [1.29, 1.82) is 0 Å². The van der Waals surface area contributed by atoms with Crippen molar-refractivity contribution in [3.8, 4) is 0 Å². The van der Waals surface area contributed by atoms with Crippen LogP contribution in [-0.4, -0.2) is 30.3 Å². The second-order valence-corrected chi connectivity index (χ2v) is 3.14. The Balaban J connectivity index is 2.80. The predicted molar refractivity (Wildman–Crippen MR) is 52.6 cm³/mol. The van der Waals surface area contributed by atoms with E-state index in [4.69, 9.17) is 5.73 Å². The van der Waals surface area contributed by atoms with E-state index in [2.05, 4.69) is 0 Å². The summed E-state index contributed by atoms with van der Waals surface area (Å²) in [7, 11) is 1.43. The molecular formula is C10H11FN2O2. The van der Waals surface area contributed by atoms with Gasteiger partial charge in [0, 0.05) is 12.6 Å². The Morgan fingerprint density at radius 2 is 2.13 bits per heavy atom. The summed E-state index contributed by atoms with van der Waals surface area (Å²) in [5.41, 5.74) is 5.13. The molecule has 15 heavy (non-hydrogen) atoms. The van der Waals surface area contributed by atoms with Gasteiger partial charge in [0.2, 0.25) is 5.91 Å². The molecule has 0 spiro atoms. The van der Waals surface area contributed by atoms with Crippen LogP contribution in [0, 0.1) is 5.82 Å². The van der Waals surface area contributed by atoms with E-state index in [-0.39, 0.29) is 12.1 Å². The van der Waals surface area contributed by atoms with Crippen LogP contribution in [0.2, 0.25) is 0 Å². The molecular weight excluding hydrogens is 199 g/mol. The standard InChI is InChI=1S/C10H11FN2O2/c1-13(6-9(12)14)10(15)7-3-2-4-8(11)5-7/h2-5H,6H2,1H3,(H2,12,14). The number of carbonyl (C=O) groups excluding carboxylic acids is 2. The molecule has 0 unspecified atom stereocenters. The Morgan fingerprint density at radius 3 is 2.67 bits per heavy atom. The Hall–Kier alpha value is -1.91. The van der Waals surface area contributed by atoms with Crippen LogP contribution in [-0.2, 0) is 4.79 Å². The van der Waals surface area contributed by atoms with E-state index in [9.17, 15) is 14.0 Å². The van der Waals surface area contributed by atoms with Crippen LogP contribution in [0.4, 0.5) is 4.39 Å². The number of hydrogen-bond acceptors (Lipinski definition) is 2. The smallest absolute Gasteiger partial charge is 0.254 e. The van der Waals surface area contributed by atoms with E-state index in [1.807, 2.05) is 0 Å². The quantitative estimate of drug-likeness (QED) is 0.784. The van der Waals surface area contributed by atoms with Crippen molar-refractivity contribution in [2.24, 2.45) is 5.73 Å². The largest absolute Gasteiger partial charge is 0.368 e. The molecule has 0 bridgehead atoms. The number of carbonyl (C=O) groups is 2. The number of halogens is 1. The lowest BCUT2D eigenvalue weighted by Crippen LogP contribution is -2.35. The molecule has 0 heterocycles. The molecule has 0 aliphatic carbocycles. The normalized spacial score (nSPS) is 9.73. The Bertz CT molecular complexity index is 393. The number of amides is 2. The lowest BCUT2D eigenvalue weighted by atomic mass is 10.2. The number of benzene rings is 1. The van der Waals surface area contributed by atoms with Gasteiger partial charge in [-0.1, -0.05) is 6.07 Å². The van der Waals surface area contributed by atoms with Crippen molar-refractivity contribution in [2.45, 2.75) is 0 Å². The Morgan fingerprint density at radius 1 is 1.47 bits per heavy atom. The molecule has 0 fully saturated rings. The van der Waals surface area contributed by atoms with Gasteiger partial charge in [-0.15, -0.1) is 0 Å². The minimum Gasteiger partial charge on any atom is -0.368 e. The fraction of sp³-hybridized carbons (Fsp3) is 0.200. The summed E-state index contributed by atoms with van der Waals surface area (Å²) in [6, 6.07) is 5.26. The SMILES string of the molecule is CN(CC(N)=O)C(=O)c1cccc(F)c1. The van der Waals surface area contributed by atoms with Crippen LogP contribution in [0.15, 0.2) is 24.3 Å². The van der Waals surface area contributed by atoms with E-state index in [1.165, 1.54) is 25.2 Å².